The Hall–Kier alpha value is -1.26. The molecule has 0 aliphatic rings. The second kappa shape index (κ2) is 7.92. The van der Waals surface area contributed by atoms with Crippen LogP contribution in [0.25, 0.3) is 0 Å². The molecule has 0 bridgehead atoms. The Morgan fingerprint density at radius 3 is 2.53 bits per heavy atom. The maximum absolute atomic E-state index is 5.43. The average molecular weight is 238 g/mol. The summed E-state index contributed by atoms with van der Waals surface area (Å²) in [6.45, 7) is 2.59. The molecule has 1 aromatic rings. The Balaban J connectivity index is 2.43. The number of hydrogen-bond donors (Lipinski definition) is 2. The molecule has 1 aromatic carbocycles. The van der Waals surface area contributed by atoms with E-state index in [1.54, 1.807) is 14.2 Å². The normalized spacial score (nSPS) is 10.3. The minimum absolute atomic E-state index is 0.762. The van der Waals surface area contributed by atoms with E-state index in [0.29, 0.717) is 0 Å². The molecule has 1 rings (SSSR count). The first-order valence-corrected chi connectivity index (χ1v) is 5.93. The SMILES string of the molecule is COc1ccc(CNCCCCN)cc1OC. The highest BCUT2D eigenvalue weighted by atomic mass is 16.5. The fourth-order valence-electron chi connectivity index (χ4n) is 1.62. The summed E-state index contributed by atoms with van der Waals surface area (Å²) in [4.78, 5) is 0. The Kier molecular flexibility index (Phi) is 6.43. The third-order valence-electron chi connectivity index (χ3n) is 2.58. The summed E-state index contributed by atoms with van der Waals surface area (Å²) in [6.07, 6.45) is 2.18. The van der Waals surface area contributed by atoms with Crippen LogP contribution in [0.2, 0.25) is 0 Å². The van der Waals surface area contributed by atoms with Crippen LogP contribution in [0.15, 0.2) is 18.2 Å². The maximum Gasteiger partial charge on any atom is 0.161 e. The molecule has 0 spiro atoms. The van der Waals surface area contributed by atoms with Gasteiger partial charge in [0, 0.05) is 6.54 Å². The van der Waals surface area contributed by atoms with Crippen molar-refractivity contribution < 1.29 is 9.47 Å². The molecule has 0 fully saturated rings. The molecule has 0 heterocycles. The number of ether oxygens (including phenoxy) is 2. The summed E-state index contributed by atoms with van der Waals surface area (Å²) < 4.78 is 10.4. The van der Waals surface area contributed by atoms with Crippen molar-refractivity contribution in [2.75, 3.05) is 27.3 Å². The van der Waals surface area contributed by atoms with Gasteiger partial charge in [0.25, 0.3) is 0 Å². The minimum atomic E-state index is 0.762. The topological polar surface area (TPSA) is 56.5 Å². The van der Waals surface area contributed by atoms with Gasteiger partial charge in [-0.25, -0.2) is 0 Å². The van der Waals surface area contributed by atoms with E-state index in [1.807, 2.05) is 18.2 Å². The molecular formula is C13H22N2O2. The molecule has 0 saturated carbocycles. The molecule has 0 aromatic heterocycles. The van der Waals surface area contributed by atoms with Gasteiger partial charge in [-0.1, -0.05) is 6.07 Å². The number of rotatable bonds is 8. The Morgan fingerprint density at radius 1 is 1.12 bits per heavy atom. The van der Waals surface area contributed by atoms with Gasteiger partial charge in [-0.15, -0.1) is 0 Å². The van der Waals surface area contributed by atoms with Crippen molar-refractivity contribution in [2.45, 2.75) is 19.4 Å². The van der Waals surface area contributed by atoms with Gasteiger partial charge < -0.3 is 20.5 Å². The molecule has 0 atom stereocenters. The first-order chi connectivity index (χ1) is 8.31. The lowest BCUT2D eigenvalue weighted by atomic mass is 10.2. The highest BCUT2D eigenvalue weighted by molar-refractivity contribution is 5.42. The van der Waals surface area contributed by atoms with Gasteiger partial charge in [0.15, 0.2) is 11.5 Å². The van der Waals surface area contributed by atoms with E-state index in [9.17, 15) is 0 Å². The van der Waals surface area contributed by atoms with Crippen molar-refractivity contribution in [1.29, 1.82) is 0 Å². The molecule has 17 heavy (non-hydrogen) atoms. The van der Waals surface area contributed by atoms with Gasteiger partial charge >= 0.3 is 0 Å². The van der Waals surface area contributed by atoms with Crippen molar-refractivity contribution in [3.05, 3.63) is 23.8 Å². The summed E-state index contributed by atoms with van der Waals surface area (Å²) >= 11 is 0. The quantitative estimate of drug-likeness (QED) is 0.674. The largest absolute Gasteiger partial charge is 0.493 e. The zero-order chi connectivity index (χ0) is 12.5. The van der Waals surface area contributed by atoms with E-state index in [2.05, 4.69) is 5.32 Å². The van der Waals surface area contributed by atoms with Gasteiger partial charge in [0.1, 0.15) is 0 Å². The first kappa shape index (κ1) is 13.8. The van der Waals surface area contributed by atoms with Crippen molar-refractivity contribution in [3.8, 4) is 11.5 Å². The van der Waals surface area contributed by atoms with Gasteiger partial charge in [-0.2, -0.15) is 0 Å². The predicted molar refractivity (Wildman–Crippen MR) is 69.5 cm³/mol. The molecule has 0 amide bonds. The van der Waals surface area contributed by atoms with Crippen LogP contribution in [-0.4, -0.2) is 27.3 Å². The third-order valence-corrected chi connectivity index (χ3v) is 2.58. The fraction of sp³-hybridized carbons (Fsp3) is 0.538. The number of nitrogens with one attached hydrogen (secondary N) is 1. The molecule has 0 radical (unpaired) electrons. The Labute approximate surface area is 103 Å². The molecule has 4 heteroatoms. The molecule has 0 saturated heterocycles. The van der Waals surface area contributed by atoms with Crippen molar-refractivity contribution in [1.82, 2.24) is 5.32 Å². The summed E-state index contributed by atoms with van der Waals surface area (Å²) in [7, 11) is 3.29. The zero-order valence-corrected chi connectivity index (χ0v) is 10.7. The van der Waals surface area contributed by atoms with Crippen LogP contribution in [-0.2, 0) is 6.54 Å². The number of hydrogen-bond acceptors (Lipinski definition) is 4. The van der Waals surface area contributed by atoms with Crippen molar-refractivity contribution in [3.63, 3.8) is 0 Å². The van der Waals surface area contributed by atoms with E-state index in [0.717, 1.165) is 44.0 Å². The van der Waals surface area contributed by atoms with Gasteiger partial charge in [-0.3, -0.25) is 0 Å². The van der Waals surface area contributed by atoms with E-state index in [1.165, 1.54) is 5.56 Å². The zero-order valence-electron chi connectivity index (χ0n) is 10.7. The number of unbranched alkanes of at least 4 members (excludes halogenated alkanes) is 1. The van der Waals surface area contributed by atoms with E-state index < -0.39 is 0 Å². The summed E-state index contributed by atoms with van der Waals surface area (Å²) in [6, 6.07) is 5.96. The van der Waals surface area contributed by atoms with E-state index in [-0.39, 0.29) is 0 Å². The maximum atomic E-state index is 5.43. The predicted octanol–water partition coefficient (Wildman–Crippen LogP) is 1.53. The lowest BCUT2D eigenvalue weighted by molar-refractivity contribution is 0.354. The van der Waals surface area contributed by atoms with Crippen molar-refractivity contribution >= 4 is 0 Å². The molecule has 4 nitrogen and oxygen atoms in total. The van der Waals surface area contributed by atoms with E-state index >= 15 is 0 Å². The standard InChI is InChI=1S/C13H22N2O2/c1-16-12-6-5-11(9-13(12)17-2)10-15-8-4-3-7-14/h5-6,9,15H,3-4,7-8,10,14H2,1-2H3. The molecule has 3 N–H and O–H groups in total. The summed E-state index contributed by atoms with van der Waals surface area (Å²) in [5.41, 5.74) is 6.62. The fourth-order valence-corrected chi connectivity index (χ4v) is 1.62. The van der Waals surface area contributed by atoms with Gasteiger partial charge in [-0.05, 0) is 43.6 Å². The first-order valence-electron chi connectivity index (χ1n) is 5.93. The highest BCUT2D eigenvalue weighted by Crippen LogP contribution is 2.27. The van der Waals surface area contributed by atoms with Gasteiger partial charge in [0.05, 0.1) is 14.2 Å². The van der Waals surface area contributed by atoms with Gasteiger partial charge in [0.2, 0.25) is 0 Å². The van der Waals surface area contributed by atoms with Crippen LogP contribution >= 0.6 is 0 Å². The second-order valence-corrected chi connectivity index (χ2v) is 3.86. The summed E-state index contributed by atoms with van der Waals surface area (Å²) in [5, 5.41) is 3.37. The van der Waals surface area contributed by atoms with E-state index in [4.69, 9.17) is 15.2 Å². The number of methoxy groups -OCH3 is 2. The Morgan fingerprint density at radius 2 is 1.88 bits per heavy atom. The molecule has 0 unspecified atom stereocenters. The molecule has 0 aliphatic carbocycles. The summed E-state index contributed by atoms with van der Waals surface area (Å²) in [5.74, 6) is 1.54. The van der Waals surface area contributed by atoms with Crippen molar-refractivity contribution in [2.24, 2.45) is 5.73 Å². The van der Waals surface area contributed by atoms with Crippen LogP contribution in [0.4, 0.5) is 0 Å². The van der Waals surface area contributed by atoms with Crippen LogP contribution in [0.1, 0.15) is 18.4 Å². The third kappa shape index (κ3) is 4.63. The highest BCUT2D eigenvalue weighted by Gasteiger charge is 2.03. The second-order valence-electron chi connectivity index (χ2n) is 3.86. The molecule has 96 valence electrons. The Bertz CT molecular complexity index is 329. The van der Waals surface area contributed by atoms with Crippen LogP contribution in [0, 0.1) is 0 Å². The average Bonchev–Trinajstić information content (AvgIpc) is 2.38. The smallest absolute Gasteiger partial charge is 0.161 e. The lowest BCUT2D eigenvalue weighted by Crippen LogP contribution is -2.15. The lowest BCUT2D eigenvalue weighted by Gasteiger charge is -2.10. The number of benzene rings is 1. The number of nitrogens with two attached hydrogens (primary N) is 1. The molecule has 0 aliphatic heterocycles. The van der Waals surface area contributed by atoms with Crippen LogP contribution in [0.5, 0.6) is 11.5 Å². The van der Waals surface area contributed by atoms with Crippen LogP contribution in [0.3, 0.4) is 0 Å². The minimum Gasteiger partial charge on any atom is -0.493 e. The molecular weight excluding hydrogens is 216 g/mol. The monoisotopic (exact) mass is 238 g/mol. The van der Waals surface area contributed by atoms with Crippen LogP contribution < -0.4 is 20.5 Å².